The molecule has 1 aromatic rings. The van der Waals surface area contributed by atoms with E-state index in [0.717, 1.165) is 25.5 Å². The van der Waals surface area contributed by atoms with E-state index in [-0.39, 0.29) is 17.3 Å². The first-order valence-electron chi connectivity index (χ1n) is 6.70. The average molecular weight is 290 g/mol. The third-order valence-electron chi connectivity index (χ3n) is 3.46. The number of alkyl halides is 4. The Morgan fingerprint density at radius 2 is 2.10 bits per heavy atom. The first-order valence-corrected chi connectivity index (χ1v) is 6.70. The Morgan fingerprint density at radius 3 is 2.65 bits per heavy atom. The fourth-order valence-electron chi connectivity index (χ4n) is 2.36. The number of anilines is 1. The second kappa shape index (κ2) is 5.99. The summed E-state index contributed by atoms with van der Waals surface area (Å²) in [5.41, 5.74) is -0.731. The van der Waals surface area contributed by atoms with Crippen LogP contribution in [-0.4, -0.2) is 19.1 Å². The van der Waals surface area contributed by atoms with Crippen molar-refractivity contribution in [3.05, 3.63) is 29.3 Å². The fraction of sp³-hybridized carbons (Fsp3) is 0.571. The van der Waals surface area contributed by atoms with Crippen LogP contribution in [0.4, 0.5) is 23.2 Å². The van der Waals surface area contributed by atoms with E-state index in [0.29, 0.717) is 6.54 Å². The van der Waals surface area contributed by atoms with Gasteiger partial charge in [0.25, 0.3) is 0 Å². The van der Waals surface area contributed by atoms with E-state index in [1.165, 1.54) is 19.1 Å². The Hall–Kier alpha value is -1.30. The molecule has 2 nitrogen and oxygen atoms in total. The van der Waals surface area contributed by atoms with E-state index in [1.54, 1.807) is 0 Å². The molecular formula is C14H18F4N2. The molecule has 1 saturated heterocycles. The van der Waals surface area contributed by atoms with Gasteiger partial charge in [0, 0.05) is 18.3 Å². The summed E-state index contributed by atoms with van der Waals surface area (Å²) in [7, 11) is 0. The van der Waals surface area contributed by atoms with Gasteiger partial charge in [0.1, 0.15) is 6.17 Å². The lowest BCUT2D eigenvalue weighted by molar-refractivity contribution is -0.137. The molecule has 1 aliphatic heterocycles. The molecule has 2 rings (SSSR count). The Balaban J connectivity index is 2.26. The maximum Gasteiger partial charge on any atom is 0.418 e. The third-order valence-corrected chi connectivity index (χ3v) is 3.46. The van der Waals surface area contributed by atoms with Crippen molar-refractivity contribution in [1.82, 2.24) is 5.32 Å². The van der Waals surface area contributed by atoms with Gasteiger partial charge in [0.15, 0.2) is 0 Å². The molecule has 2 N–H and O–H groups in total. The van der Waals surface area contributed by atoms with Crippen LogP contribution in [0.25, 0.3) is 0 Å². The predicted octanol–water partition coefficient (Wildman–Crippen LogP) is 3.90. The van der Waals surface area contributed by atoms with Gasteiger partial charge in [-0.3, -0.25) is 0 Å². The zero-order chi connectivity index (χ0) is 14.8. The maximum absolute atomic E-state index is 13.2. The molecule has 1 fully saturated rings. The molecule has 0 aliphatic carbocycles. The highest BCUT2D eigenvalue weighted by Crippen LogP contribution is 2.37. The minimum Gasteiger partial charge on any atom is -0.381 e. The number of halogens is 4. The van der Waals surface area contributed by atoms with Crippen molar-refractivity contribution in [2.24, 2.45) is 0 Å². The van der Waals surface area contributed by atoms with Gasteiger partial charge in [-0.1, -0.05) is 6.07 Å². The van der Waals surface area contributed by atoms with Crippen molar-refractivity contribution < 1.29 is 17.6 Å². The molecule has 20 heavy (non-hydrogen) atoms. The van der Waals surface area contributed by atoms with Gasteiger partial charge in [-0.25, -0.2) is 4.39 Å². The van der Waals surface area contributed by atoms with Crippen molar-refractivity contribution >= 4 is 5.69 Å². The third kappa shape index (κ3) is 3.62. The first-order chi connectivity index (χ1) is 9.38. The molecule has 2 atom stereocenters. The normalized spacial score (nSPS) is 21.6. The Labute approximate surface area is 115 Å². The average Bonchev–Trinajstić information content (AvgIpc) is 2.39. The SMILES string of the molecule is CC(F)c1ccc(NC2CCCNC2)c(C(F)(F)F)c1. The summed E-state index contributed by atoms with van der Waals surface area (Å²) in [6.07, 6.45) is -4.15. The topological polar surface area (TPSA) is 24.1 Å². The minimum absolute atomic E-state index is 0.0237. The molecular weight excluding hydrogens is 272 g/mol. The Morgan fingerprint density at radius 1 is 1.35 bits per heavy atom. The molecule has 0 amide bonds. The first kappa shape index (κ1) is 15.1. The van der Waals surface area contributed by atoms with Crippen LogP contribution in [0.2, 0.25) is 0 Å². The second-order valence-corrected chi connectivity index (χ2v) is 5.11. The van der Waals surface area contributed by atoms with Crippen LogP contribution in [0.5, 0.6) is 0 Å². The molecule has 2 unspecified atom stereocenters. The fourth-order valence-corrected chi connectivity index (χ4v) is 2.36. The number of hydrogen-bond acceptors (Lipinski definition) is 2. The molecule has 0 aromatic heterocycles. The van der Waals surface area contributed by atoms with Gasteiger partial charge in [-0.15, -0.1) is 0 Å². The monoisotopic (exact) mass is 290 g/mol. The largest absolute Gasteiger partial charge is 0.418 e. The van der Waals surface area contributed by atoms with E-state index >= 15 is 0 Å². The van der Waals surface area contributed by atoms with Crippen molar-refractivity contribution in [3.8, 4) is 0 Å². The van der Waals surface area contributed by atoms with Gasteiger partial charge in [-0.05, 0) is 44.0 Å². The minimum atomic E-state index is -4.49. The van der Waals surface area contributed by atoms with Gasteiger partial charge >= 0.3 is 6.18 Å². The van der Waals surface area contributed by atoms with E-state index in [2.05, 4.69) is 10.6 Å². The second-order valence-electron chi connectivity index (χ2n) is 5.11. The van der Waals surface area contributed by atoms with Gasteiger partial charge in [-0.2, -0.15) is 13.2 Å². The van der Waals surface area contributed by atoms with E-state index in [4.69, 9.17) is 0 Å². The summed E-state index contributed by atoms with van der Waals surface area (Å²) in [5.74, 6) is 0. The summed E-state index contributed by atoms with van der Waals surface area (Å²) in [6, 6.07) is 3.59. The Kier molecular flexibility index (Phi) is 4.52. The lowest BCUT2D eigenvalue weighted by atomic mass is 10.0. The number of nitrogens with one attached hydrogen (secondary N) is 2. The predicted molar refractivity (Wildman–Crippen MR) is 70.5 cm³/mol. The Bertz CT molecular complexity index is 451. The molecule has 1 heterocycles. The van der Waals surface area contributed by atoms with Gasteiger partial charge in [0.05, 0.1) is 5.56 Å². The summed E-state index contributed by atoms with van der Waals surface area (Å²) < 4.78 is 52.4. The number of benzene rings is 1. The molecule has 1 aliphatic rings. The highest BCUT2D eigenvalue weighted by molar-refractivity contribution is 5.55. The zero-order valence-corrected chi connectivity index (χ0v) is 11.2. The summed E-state index contributed by atoms with van der Waals surface area (Å²) in [5, 5.41) is 6.06. The van der Waals surface area contributed by atoms with Crippen LogP contribution in [0.15, 0.2) is 18.2 Å². The molecule has 0 spiro atoms. The summed E-state index contributed by atoms with van der Waals surface area (Å²) in [6.45, 7) is 2.76. The smallest absolute Gasteiger partial charge is 0.381 e. The lowest BCUT2D eigenvalue weighted by Gasteiger charge is -2.26. The van der Waals surface area contributed by atoms with E-state index < -0.39 is 17.9 Å². The maximum atomic E-state index is 13.2. The van der Waals surface area contributed by atoms with Crippen molar-refractivity contribution in [2.45, 2.75) is 38.2 Å². The number of rotatable bonds is 3. The van der Waals surface area contributed by atoms with Crippen LogP contribution in [0, 0.1) is 0 Å². The molecule has 1 aromatic carbocycles. The summed E-state index contributed by atoms with van der Waals surface area (Å²) >= 11 is 0. The number of piperidine rings is 1. The van der Waals surface area contributed by atoms with Crippen LogP contribution in [0.3, 0.4) is 0 Å². The van der Waals surface area contributed by atoms with E-state index in [1.807, 2.05) is 0 Å². The van der Waals surface area contributed by atoms with Gasteiger partial charge < -0.3 is 10.6 Å². The molecule has 0 saturated carbocycles. The zero-order valence-electron chi connectivity index (χ0n) is 11.2. The summed E-state index contributed by atoms with van der Waals surface area (Å²) in [4.78, 5) is 0. The molecule has 0 bridgehead atoms. The highest BCUT2D eigenvalue weighted by Gasteiger charge is 2.34. The van der Waals surface area contributed by atoms with Gasteiger partial charge in [0.2, 0.25) is 0 Å². The van der Waals surface area contributed by atoms with Crippen LogP contribution in [0.1, 0.15) is 37.1 Å². The quantitative estimate of drug-likeness (QED) is 0.825. The van der Waals surface area contributed by atoms with Crippen molar-refractivity contribution in [2.75, 3.05) is 18.4 Å². The van der Waals surface area contributed by atoms with Crippen LogP contribution in [-0.2, 0) is 6.18 Å². The standard InChI is InChI=1S/C14H18F4N2/c1-9(15)10-4-5-13(12(7-10)14(16,17)18)20-11-3-2-6-19-8-11/h4-5,7,9,11,19-20H,2-3,6,8H2,1H3. The highest BCUT2D eigenvalue weighted by atomic mass is 19.4. The number of hydrogen-bond donors (Lipinski definition) is 2. The van der Waals surface area contributed by atoms with Crippen LogP contribution >= 0.6 is 0 Å². The molecule has 0 radical (unpaired) electrons. The molecule has 6 heteroatoms. The lowest BCUT2D eigenvalue weighted by Crippen LogP contribution is -2.38. The van der Waals surface area contributed by atoms with Crippen LogP contribution < -0.4 is 10.6 Å². The van der Waals surface area contributed by atoms with E-state index in [9.17, 15) is 17.6 Å². The van der Waals surface area contributed by atoms with Crippen molar-refractivity contribution in [3.63, 3.8) is 0 Å². The van der Waals surface area contributed by atoms with Crippen molar-refractivity contribution in [1.29, 1.82) is 0 Å². The molecule has 112 valence electrons.